The number of nitrogens with one attached hydrogen (secondary N) is 1. The Morgan fingerprint density at radius 2 is 1.62 bits per heavy atom. The molecule has 5 atom stereocenters. The Bertz CT molecular complexity index is 1760. The minimum atomic E-state index is -4.77. The van der Waals surface area contributed by atoms with Crippen LogP contribution in [0.15, 0.2) is 103 Å². The number of aliphatic hydroxyl groups excluding tert-OH is 1. The van der Waals surface area contributed by atoms with Crippen molar-refractivity contribution in [3.8, 4) is 5.75 Å². The van der Waals surface area contributed by atoms with E-state index in [1.807, 2.05) is 72.5 Å². The van der Waals surface area contributed by atoms with Crippen molar-refractivity contribution in [2.45, 2.75) is 64.1 Å². The van der Waals surface area contributed by atoms with Crippen LogP contribution in [0, 0.1) is 24.7 Å². The van der Waals surface area contributed by atoms with E-state index >= 15 is 0 Å². The summed E-state index contributed by atoms with van der Waals surface area (Å²) in [6.45, 7) is 3.08. The molecule has 0 spiro atoms. The summed E-state index contributed by atoms with van der Waals surface area (Å²) in [6, 6.07) is 31.2. The number of ketones is 1. The van der Waals surface area contributed by atoms with Gasteiger partial charge in [0.25, 0.3) is 5.91 Å². The van der Waals surface area contributed by atoms with E-state index in [2.05, 4.69) is 22.2 Å². The fraction of sp³-hybridized carbons (Fsp3) is 0.366. The van der Waals surface area contributed by atoms with Gasteiger partial charge in [-0.1, -0.05) is 72.8 Å². The molecule has 262 valence electrons. The second-order valence-electron chi connectivity index (χ2n) is 13.7. The van der Waals surface area contributed by atoms with E-state index in [1.54, 1.807) is 12.1 Å². The Kier molecular flexibility index (Phi) is 11.0. The highest BCUT2D eigenvalue weighted by atomic mass is 19.4. The zero-order valence-corrected chi connectivity index (χ0v) is 28.1. The number of carbonyl (C=O) groups excluding carboxylic acids is 2. The highest BCUT2D eigenvalue weighted by molar-refractivity contribution is 6.03. The molecule has 4 unspecified atom stereocenters. The van der Waals surface area contributed by atoms with E-state index in [9.17, 15) is 27.9 Å². The normalized spacial score (nSPS) is 19.9. The molecular weight excluding hydrogens is 641 g/mol. The molecule has 0 aromatic heterocycles. The van der Waals surface area contributed by atoms with Gasteiger partial charge in [-0.3, -0.25) is 9.59 Å². The molecule has 6 nitrogen and oxygen atoms in total. The molecule has 2 N–H and O–H groups in total. The molecule has 2 aliphatic rings. The van der Waals surface area contributed by atoms with Crippen LogP contribution in [0.25, 0.3) is 0 Å². The first kappa shape index (κ1) is 35.4. The second kappa shape index (κ2) is 15.6. The molecule has 9 heteroatoms. The molecule has 1 aliphatic heterocycles. The summed E-state index contributed by atoms with van der Waals surface area (Å²) in [5, 5.41) is 14.5. The van der Waals surface area contributed by atoms with Crippen molar-refractivity contribution in [2.75, 3.05) is 13.1 Å². The van der Waals surface area contributed by atoms with Crippen molar-refractivity contribution in [1.29, 1.82) is 0 Å². The number of aryl methyl sites for hydroxylation is 1. The van der Waals surface area contributed by atoms with E-state index in [1.165, 1.54) is 18.2 Å². The van der Waals surface area contributed by atoms with Gasteiger partial charge in [0.15, 0.2) is 5.78 Å². The van der Waals surface area contributed by atoms with Gasteiger partial charge >= 0.3 is 6.36 Å². The molecule has 1 saturated carbocycles. The average Bonchev–Trinajstić information content (AvgIpc) is 3.69. The zero-order chi connectivity index (χ0) is 35.3. The minimum absolute atomic E-state index is 0.0206. The average molecular weight is 685 g/mol. The smallest absolute Gasteiger partial charge is 0.406 e. The molecule has 6 rings (SSSR count). The number of hydrogen-bond donors (Lipinski definition) is 2. The number of carbonyl (C=O) groups is 2. The number of halogens is 3. The van der Waals surface area contributed by atoms with Gasteiger partial charge in [-0.2, -0.15) is 0 Å². The predicted octanol–water partition coefficient (Wildman–Crippen LogP) is 8.09. The molecule has 1 heterocycles. The van der Waals surface area contributed by atoms with Crippen molar-refractivity contribution in [2.24, 2.45) is 17.8 Å². The summed E-state index contributed by atoms with van der Waals surface area (Å²) in [4.78, 5) is 29.5. The van der Waals surface area contributed by atoms with Crippen LogP contribution in [-0.2, 0) is 13.0 Å². The van der Waals surface area contributed by atoms with Crippen LogP contribution in [0.5, 0.6) is 5.75 Å². The van der Waals surface area contributed by atoms with E-state index in [0.717, 1.165) is 36.0 Å². The molecule has 0 bridgehead atoms. The van der Waals surface area contributed by atoms with Crippen LogP contribution in [0.4, 0.5) is 13.2 Å². The third-order valence-corrected chi connectivity index (χ3v) is 9.87. The Labute approximate surface area is 291 Å². The molecule has 1 saturated heterocycles. The summed E-state index contributed by atoms with van der Waals surface area (Å²) in [5.41, 5.74) is 4.75. The largest absolute Gasteiger partial charge is 0.573 e. The maximum absolute atomic E-state index is 13.8. The number of nitrogens with zero attached hydrogens (tertiary/aromatic N) is 1. The SMILES string of the molecule is Cc1cc(C(=O)C2CC2CC(Cc2ccccc2)[C@H](O)CNCc2cccc(OC(F)(F)F)c2)cc(C(=O)N2CCCC2c2ccccc2)c1. The number of amides is 1. The monoisotopic (exact) mass is 684 g/mol. The fourth-order valence-corrected chi connectivity index (χ4v) is 7.36. The standard InChI is InChI=1S/C41H43F3N2O4/c1-27-18-33(23-34(19-27)40(49)46-17-9-16-37(46)30-13-6-3-7-14-30)39(48)36-24-31(36)22-32(20-28-10-4-2-5-11-28)38(47)26-45-25-29-12-8-15-35(21-29)50-41(42,43)44/h2-8,10-15,18-19,21,23,31-32,36-38,45,47H,9,16-17,20,22,24-26H2,1H3/t31?,32?,36?,37?,38-/m1/s1. The van der Waals surface area contributed by atoms with Gasteiger partial charge in [0.05, 0.1) is 12.1 Å². The third-order valence-electron chi connectivity index (χ3n) is 9.87. The van der Waals surface area contributed by atoms with Gasteiger partial charge in [-0.05, 0) is 103 Å². The highest BCUT2D eigenvalue weighted by Crippen LogP contribution is 2.46. The molecule has 1 amide bonds. The number of hydrogen-bond acceptors (Lipinski definition) is 5. The third kappa shape index (κ3) is 9.20. The quantitative estimate of drug-likeness (QED) is 0.131. The molecule has 4 aromatic carbocycles. The van der Waals surface area contributed by atoms with Gasteiger partial charge in [-0.25, -0.2) is 0 Å². The molecule has 0 radical (unpaired) electrons. The lowest BCUT2D eigenvalue weighted by Crippen LogP contribution is -2.34. The topological polar surface area (TPSA) is 78.9 Å². The Morgan fingerprint density at radius 1 is 0.920 bits per heavy atom. The number of Topliss-reactive ketones (excluding diaryl/α,β-unsaturated/α-hetero) is 1. The van der Waals surface area contributed by atoms with Crippen LogP contribution in [0.3, 0.4) is 0 Å². The van der Waals surface area contributed by atoms with Crippen LogP contribution in [-0.4, -0.2) is 47.3 Å². The van der Waals surface area contributed by atoms with E-state index in [4.69, 9.17) is 0 Å². The maximum Gasteiger partial charge on any atom is 0.573 e. The minimum Gasteiger partial charge on any atom is -0.406 e. The van der Waals surface area contributed by atoms with Gasteiger partial charge in [0, 0.05) is 36.7 Å². The number of benzene rings is 4. The summed E-state index contributed by atoms with van der Waals surface area (Å²) < 4.78 is 42.0. The fourth-order valence-electron chi connectivity index (χ4n) is 7.36. The molecule has 4 aromatic rings. The van der Waals surface area contributed by atoms with Crippen LogP contribution in [0.2, 0.25) is 0 Å². The number of aliphatic hydroxyl groups is 1. The molecule has 2 fully saturated rings. The summed E-state index contributed by atoms with van der Waals surface area (Å²) in [6.07, 6.45) is -1.69. The lowest BCUT2D eigenvalue weighted by atomic mass is 9.88. The van der Waals surface area contributed by atoms with Gasteiger partial charge < -0.3 is 20.1 Å². The Hall–Kier alpha value is -4.47. The van der Waals surface area contributed by atoms with Crippen molar-refractivity contribution in [1.82, 2.24) is 10.2 Å². The lowest BCUT2D eigenvalue weighted by molar-refractivity contribution is -0.274. The maximum atomic E-state index is 13.8. The van der Waals surface area contributed by atoms with Gasteiger partial charge in [0.2, 0.25) is 0 Å². The van der Waals surface area contributed by atoms with Crippen LogP contribution >= 0.6 is 0 Å². The molecule has 1 aliphatic carbocycles. The first-order chi connectivity index (χ1) is 24.0. The van der Waals surface area contributed by atoms with Crippen molar-refractivity contribution in [3.63, 3.8) is 0 Å². The van der Waals surface area contributed by atoms with E-state index in [0.29, 0.717) is 36.1 Å². The van der Waals surface area contributed by atoms with Crippen molar-refractivity contribution >= 4 is 11.7 Å². The summed E-state index contributed by atoms with van der Waals surface area (Å²) in [5.74, 6) is -0.546. The van der Waals surface area contributed by atoms with E-state index < -0.39 is 12.5 Å². The number of ether oxygens (including phenoxy) is 1. The molecule has 50 heavy (non-hydrogen) atoms. The second-order valence-corrected chi connectivity index (χ2v) is 13.7. The van der Waals surface area contributed by atoms with Crippen LogP contribution < -0.4 is 10.1 Å². The number of alkyl halides is 3. The predicted molar refractivity (Wildman–Crippen MR) is 186 cm³/mol. The van der Waals surface area contributed by atoms with Crippen molar-refractivity contribution < 1.29 is 32.6 Å². The Balaban J connectivity index is 1.09. The molecular formula is C41H43F3N2O4. The first-order valence-corrected chi connectivity index (χ1v) is 17.3. The number of rotatable bonds is 14. The highest BCUT2D eigenvalue weighted by Gasteiger charge is 2.45. The lowest BCUT2D eigenvalue weighted by Gasteiger charge is -2.25. The van der Waals surface area contributed by atoms with Crippen LogP contribution in [0.1, 0.15) is 74.7 Å². The summed E-state index contributed by atoms with van der Waals surface area (Å²) in [7, 11) is 0. The summed E-state index contributed by atoms with van der Waals surface area (Å²) >= 11 is 0. The van der Waals surface area contributed by atoms with Gasteiger partial charge in [-0.15, -0.1) is 13.2 Å². The van der Waals surface area contributed by atoms with Crippen molar-refractivity contribution in [3.05, 3.63) is 137 Å². The van der Waals surface area contributed by atoms with Gasteiger partial charge in [0.1, 0.15) is 5.75 Å². The zero-order valence-electron chi connectivity index (χ0n) is 28.1. The first-order valence-electron chi connectivity index (χ1n) is 17.3. The van der Waals surface area contributed by atoms with E-state index in [-0.39, 0.29) is 54.3 Å². The Morgan fingerprint density at radius 3 is 2.36 bits per heavy atom. The number of likely N-dealkylation sites (tertiary alicyclic amines) is 1.